The molecule has 0 bridgehead atoms. The van der Waals surface area contributed by atoms with E-state index >= 15 is 0 Å². The summed E-state index contributed by atoms with van der Waals surface area (Å²) in [6.45, 7) is 12.2. The maximum atomic E-state index is 4.67. The standard InChI is InChI=1S/C21H32N4/c1-4-12-25-13-10-17(11-14-25)23-21(22-5-2)24-20-15-19(20)18-9-7-6-8-16(18)3/h4,6-9,17,19-20H,1,5,10-15H2,2-3H3,(H2,22,23,24). The average Bonchev–Trinajstić information content (AvgIpc) is 3.36. The Morgan fingerprint density at radius 3 is 2.72 bits per heavy atom. The predicted molar refractivity (Wildman–Crippen MR) is 106 cm³/mol. The predicted octanol–water partition coefficient (Wildman–Crippen LogP) is 3.06. The van der Waals surface area contributed by atoms with E-state index in [1.54, 1.807) is 0 Å². The van der Waals surface area contributed by atoms with Crippen molar-refractivity contribution in [3.05, 3.63) is 48.0 Å². The molecule has 1 saturated heterocycles. The van der Waals surface area contributed by atoms with Crippen LogP contribution in [0.1, 0.15) is 43.2 Å². The Morgan fingerprint density at radius 1 is 1.28 bits per heavy atom. The molecule has 1 heterocycles. The molecule has 25 heavy (non-hydrogen) atoms. The molecule has 1 aromatic carbocycles. The summed E-state index contributed by atoms with van der Waals surface area (Å²) in [5, 5.41) is 7.32. The lowest BCUT2D eigenvalue weighted by atomic mass is 10.0. The second kappa shape index (κ2) is 8.52. The summed E-state index contributed by atoms with van der Waals surface area (Å²) in [5.41, 5.74) is 2.88. The highest BCUT2D eigenvalue weighted by molar-refractivity contribution is 5.81. The molecule has 1 saturated carbocycles. The Balaban J connectivity index is 1.51. The molecule has 3 rings (SSSR count). The van der Waals surface area contributed by atoms with Gasteiger partial charge in [-0.3, -0.25) is 9.89 Å². The molecular formula is C21H32N4. The van der Waals surface area contributed by atoms with Gasteiger partial charge in [0.1, 0.15) is 0 Å². The summed E-state index contributed by atoms with van der Waals surface area (Å²) < 4.78 is 0. The van der Waals surface area contributed by atoms with E-state index in [-0.39, 0.29) is 0 Å². The Labute approximate surface area is 152 Å². The van der Waals surface area contributed by atoms with Gasteiger partial charge in [0.2, 0.25) is 0 Å². The third kappa shape index (κ3) is 4.85. The van der Waals surface area contributed by atoms with Gasteiger partial charge in [-0.05, 0) is 44.2 Å². The van der Waals surface area contributed by atoms with Gasteiger partial charge < -0.3 is 10.6 Å². The molecule has 1 aliphatic carbocycles. The zero-order valence-electron chi connectivity index (χ0n) is 15.7. The van der Waals surface area contributed by atoms with Crippen LogP contribution in [0.15, 0.2) is 41.9 Å². The van der Waals surface area contributed by atoms with Crippen molar-refractivity contribution in [1.29, 1.82) is 0 Å². The van der Waals surface area contributed by atoms with Crippen molar-refractivity contribution in [2.75, 3.05) is 26.2 Å². The van der Waals surface area contributed by atoms with Crippen LogP contribution in [0.3, 0.4) is 0 Å². The molecule has 2 aliphatic rings. The van der Waals surface area contributed by atoms with E-state index in [9.17, 15) is 0 Å². The number of hydrogen-bond acceptors (Lipinski definition) is 2. The fourth-order valence-corrected chi connectivity index (χ4v) is 3.80. The van der Waals surface area contributed by atoms with Gasteiger partial charge in [0, 0.05) is 44.2 Å². The molecule has 4 heteroatoms. The summed E-state index contributed by atoms with van der Waals surface area (Å²) in [7, 11) is 0. The summed E-state index contributed by atoms with van der Waals surface area (Å²) in [5.74, 6) is 1.62. The smallest absolute Gasteiger partial charge is 0.191 e. The van der Waals surface area contributed by atoms with Crippen LogP contribution < -0.4 is 10.6 Å². The van der Waals surface area contributed by atoms with Crippen molar-refractivity contribution in [3.8, 4) is 0 Å². The molecule has 0 radical (unpaired) electrons. The first-order valence-corrected chi connectivity index (χ1v) is 9.67. The highest BCUT2D eigenvalue weighted by atomic mass is 15.2. The normalized spacial score (nSPS) is 24.8. The number of nitrogens with one attached hydrogen (secondary N) is 2. The summed E-state index contributed by atoms with van der Waals surface area (Å²) in [4.78, 5) is 7.13. The lowest BCUT2D eigenvalue weighted by Gasteiger charge is -2.32. The molecule has 0 spiro atoms. The SMILES string of the molecule is C=CCN1CCC(NC(=NCC)NC2CC2c2ccccc2C)CC1. The van der Waals surface area contributed by atoms with E-state index in [0.717, 1.165) is 32.1 Å². The highest BCUT2D eigenvalue weighted by Gasteiger charge is 2.39. The van der Waals surface area contributed by atoms with Crippen LogP contribution in [0.2, 0.25) is 0 Å². The fraction of sp³-hybridized carbons (Fsp3) is 0.571. The van der Waals surface area contributed by atoms with Crippen molar-refractivity contribution >= 4 is 5.96 Å². The number of nitrogens with zero attached hydrogens (tertiary/aromatic N) is 2. The second-order valence-corrected chi connectivity index (χ2v) is 7.28. The highest BCUT2D eigenvalue weighted by Crippen LogP contribution is 2.42. The molecule has 2 atom stereocenters. The van der Waals surface area contributed by atoms with Crippen LogP contribution in [0.4, 0.5) is 0 Å². The first-order valence-electron chi connectivity index (χ1n) is 9.67. The van der Waals surface area contributed by atoms with Gasteiger partial charge in [-0.25, -0.2) is 0 Å². The first-order chi connectivity index (χ1) is 12.2. The Bertz CT molecular complexity index is 602. The number of guanidine groups is 1. The molecule has 136 valence electrons. The largest absolute Gasteiger partial charge is 0.354 e. The minimum Gasteiger partial charge on any atom is -0.354 e. The van der Waals surface area contributed by atoms with Crippen LogP contribution in [0.25, 0.3) is 0 Å². The van der Waals surface area contributed by atoms with Crippen LogP contribution in [0.5, 0.6) is 0 Å². The van der Waals surface area contributed by atoms with E-state index in [2.05, 4.69) is 65.2 Å². The topological polar surface area (TPSA) is 39.7 Å². The molecule has 0 aromatic heterocycles. The maximum Gasteiger partial charge on any atom is 0.191 e. The van der Waals surface area contributed by atoms with E-state index < -0.39 is 0 Å². The quantitative estimate of drug-likeness (QED) is 0.475. The number of piperidine rings is 1. The van der Waals surface area contributed by atoms with Crippen LogP contribution in [-0.4, -0.2) is 49.1 Å². The van der Waals surface area contributed by atoms with E-state index in [1.165, 1.54) is 30.4 Å². The molecule has 1 aromatic rings. The number of aliphatic imine (C=N–C) groups is 1. The van der Waals surface area contributed by atoms with Gasteiger partial charge in [-0.1, -0.05) is 30.3 Å². The Hall–Kier alpha value is -1.81. The van der Waals surface area contributed by atoms with Crippen LogP contribution in [0, 0.1) is 6.92 Å². The van der Waals surface area contributed by atoms with Crippen molar-refractivity contribution in [2.45, 2.75) is 51.1 Å². The Kier molecular flexibility index (Phi) is 6.14. The fourth-order valence-electron chi connectivity index (χ4n) is 3.80. The zero-order chi connectivity index (χ0) is 17.6. The first kappa shape index (κ1) is 18.0. The van der Waals surface area contributed by atoms with E-state index in [1.807, 2.05) is 6.08 Å². The molecular weight excluding hydrogens is 308 g/mol. The lowest BCUT2D eigenvalue weighted by molar-refractivity contribution is 0.225. The summed E-state index contributed by atoms with van der Waals surface area (Å²) in [6, 6.07) is 9.78. The van der Waals surface area contributed by atoms with Gasteiger partial charge in [-0.15, -0.1) is 6.58 Å². The van der Waals surface area contributed by atoms with Crippen LogP contribution in [-0.2, 0) is 0 Å². The maximum absolute atomic E-state index is 4.67. The average molecular weight is 341 g/mol. The molecule has 2 fully saturated rings. The number of rotatable bonds is 6. The molecule has 2 unspecified atom stereocenters. The van der Waals surface area contributed by atoms with Crippen molar-refractivity contribution in [3.63, 3.8) is 0 Å². The minimum atomic E-state index is 0.514. The van der Waals surface area contributed by atoms with Crippen LogP contribution >= 0.6 is 0 Å². The number of hydrogen-bond donors (Lipinski definition) is 2. The molecule has 2 N–H and O–H groups in total. The van der Waals surface area contributed by atoms with E-state index in [0.29, 0.717) is 18.0 Å². The van der Waals surface area contributed by atoms with Crippen molar-refractivity contribution in [1.82, 2.24) is 15.5 Å². The number of benzene rings is 1. The van der Waals surface area contributed by atoms with Gasteiger partial charge in [0.05, 0.1) is 0 Å². The second-order valence-electron chi connectivity index (χ2n) is 7.28. The Morgan fingerprint density at radius 2 is 2.04 bits per heavy atom. The minimum absolute atomic E-state index is 0.514. The molecule has 1 aliphatic heterocycles. The van der Waals surface area contributed by atoms with Gasteiger partial charge in [0.15, 0.2) is 5.96 Å². The summed E-state index contributed by atoms with van der Waals surface area (Å²) >= 11 is 0. The third-order valence-electron chi connectivity index (χ3n) is 5.33. The lowest BCUT2D eigenvalue weighted by Crippen LogP contribution is -2.49. The summed E-state index contributed by atoms with van der Waals surface area (Å²) in [6.07, 6.45) is 5.54. The van der Waals surface area contributed by atoms with Crippen molar-refractivity contribution in [2.24, 2.45) is 4.99 Å². The monoisotopic (exact) mass is 340 g/mol. The zero-order valence-corrected chi connectivity index (χ0v) is 15.7. The third-order valence-corrected chi connectivity index (χ3v) is 5.33. The van der Waals surface area contributed by atoms with Crippen molar-refractivity contribution < 1.29 is 0 Å². The molecule has 0 amide bonds. The van der Waals surface area contributed by atoms with Gasteiger partial charge in [-0.2, -0.15) is 0 Å². The van der Waals surface area contributed by atoms with Gasteiger partial charge in [0.25, 0.3) is 0 Å². The van der Waals surface area contributed by atoms with Gasteiger partial charge >= 0.3 is 0 Å². The number of aryl methyl sites for hydroxylation is 1. The number of likely N-dealkylation sites (tertiary alicyclic amines) is 1. The molecule has 4 nitrogen and oxygen atoms in total. The van der Waals surface area contributed by atoms with E-state index in [4.69, 9.17) is 0 Å².